The molecule has 0 aromatic heterocycles. The van der Waals surface area contributed by atoms with Crippen LogP contribution in [0.15, 0.2) is 41.3 Å². The van der Waals surface area contributed by atoms with E-state index in [9.17, 15) is 9.18 Å². The Hall–Kier alpha value is -1.27. The van der Waals surface area contributed by atoms with Crippen molar-refractivity contribution in [3.63, 3.8) is 0 Å². The van der Waals surface area contributed by atoms with Crippen molar-refractivity contribution in [3.8, 4) is 0 Å². The summed E-state index contributed by atoms with van der Waals surface area (Å²) in [5, 5.41) is 1.82. The third-order valence-corrected chi connectivity index (χ3v) is 6.88. The average molecular weight is 454 g/mol. The molecule has 0 bridgehead atoms. The maximum absolute atomic E-state index is 14.4. The van der Waals surface area contributed by atoms with Gasteiger partial charge in [-0.1, -0.05) is 29.3 Å². The highest BCUT2D eigenvalue weighted by Gasteiger charge is 2.28. The fourth-order valence-corrected chi connectivity index (χ4v) is 5.33. The van der Waals surface area contributed by atoms with Crippen LogP contribution in [0.4, 0.5) is 4.39 Å². The molecule has 1 heterocycles. The number of ether oxygens (including phenoxy) is 1. The van der Waals surface area contributed by atoms with E-state index in [2.05, 4.69) is 4.90 Å². The number of likely N-dealkylation sites (tertiary alicyclic amines) is 1. The number of hydrogen-bond donors (Lipinski definition) is 0. The van der Waals surface area contributed by atoms with Crippen LogP contribution in [-0.2, 0) is 11.3 Å². The average Bonchev–Trinajstić information content (AvgIpc) is 3.46. The van der Waals surface area contributed by atoms with Gasteiger partial charge in [-0.15, -0.1) is 11.8 Å². The maximum Gasteiger partial charge on any atom is 0.341 e. The summed E-state index contributed by atoms with van der Waals surface area (Å²) >= 11 is 14.0. The lowest BCUT2D eigenvalue weighted by molar-refractivity contribution is 0.0467. The first-order valence-corrected chi connectivity index (χ1v) is 11.4. The lowest BCUT2D eigenvalue weighted by Crippen LogP contribution is -2.34. The lowest BCUT2D eigenvalue weighted by atomic mass is 10.1. The van der Waals surface area contributed by atoms with E-state index in [4.69, 9.17) is 27.9 Å². The van der Waals surface area contributed by atoms with Crippen LogP contribution in [0.25, 0.3) is 0 Å². The molecule has 3 nitrogen and oxygen atoms in total. The zero-order chi connectivity index (χ0) is 20.4. The molecule has 0 N–H and O–H groups in total. The van der Waals surface area contributed by atoms with Gasteiger partial charge in [-0.25, -0.2) is 9.18 Å². The molecule has 154 valence electrons. The van der Waals surface area contributed by atoms with Crippen molar-refractivity contribution in [2.24, 2.45) is 0 Å². The van der Waals surface area contributed by atoms with Crippen molar-refractivity contribution in [1.29, 1.82) is 0 Å². The van der Waals surface area contributed by atoms with Gasteiger partial charge < -0.3 is 4.74 Å². The second-order valence-electron chi connectivity index (χ2n) is 7.62. The van der Waals surface area contributed by atoms with Crippen LogP contribution in [0, 0.1) is 5.82 Å². The Kier molecular flexibility index (Phi) is 6.69. The van der Waals surface area contributed by atoms with E-state index in [1.807, 2.05) is 30.0 Å². The number of carbonyl (C=O) groups excluding carboxylic acids is 1. The van der Waals surface area contributed by atoms with E-state index < -0.39 is 11.8 Å². The molecule has 29 heavy (non-hydrogen) atoms. The Morgan fingerprint density at radius 2 is 1.76 bits per heavy atom. The van der Waals surface area contributed by atoms with Crippen molar-refractivity contribution in [2.75, 3.05) is 13.1 Å². The molecule has 0 amide bonds. The van der Waals surface area contributed by atoms with Crippen molar-refractivity contribution in [1.82, 2.24) is 4.90 Å². The van der Waals surface area contributed by atoms with Crippen LogP contribution in [0.2, 0.25) is 10.0 Å². The summed E-state index contributed by atoms with van der Waals surface area (Å²) < 4.78 is 19.5. The molecule has 0 spiro atoms. The summed E-state index contributed by atoms with van der Waals surface area (Å²) in [6, 6.07) is 10.5. The van der Waals surface area contributed by atoms with Gasteiger partial charge in [0.2, 0.25) is 0 Å². The van der Waals surface area contributed by atoms with Gasteiger partial charge in [-0.05, 0) is 74.7 Å². The van der Waals surface area contributed by atoms with Crippen molar-refractivity contribution < 1.29 is 13.9 Å². The second-order valence-corrected chi connectivity index (χ2v) is 9.86. The number of rotatable bonds is 6. The first kappa shape index (κ1) is 21.0. The minimum atomic E-state index is -0.560. The topological polar surface area (TPSA) is 29.5 Å². The van der Waals surface area contributed by atoms with Crippen LogP contribution in [0.5, 0.6) is 0 Å². The van der Waals surface area contributed by atoms with Crippen molar-refractivity contribution in [3.05, 3.63) is 63.4 Å². The van der Waals surface area contributed by atoms with Gasteiger partial charge in [0.1, 0.15) is 11.9 Å². The van der Waals surface area contributed by atoms with Gasteiger partial charge in [-0.3, -0.25) is 4.90 Å². The number of nitrogens with zero attached hydrogens (tertiary/aromatic N) is 1. The highest BCUT2D eigenvalue weighted by molar-refractivity contribution is 8.00. The Balaban J connectivity index is 1.29. The van der Waals surface area contributed by atoms with E-state index in [0.717, 1.165) is 49.2 Å². The summed E-state index contributed by atoms with van der Waals surface area (Å²) in [5.74, 6) is -1.06. The zero-order valence-electron chi connectivity index (χ0n) is 15.9. The third kappa shape index (κ3) is 5.88. The standard InChI is InChI=1S/C22H22Cl2FNO2S/c23-15-10-16(24)12-19(11-15)29-18-5-7-26(8-6-18)13-14-1-4-20(21(25)9-14)22(27)28-17-2-3-17/h1,4,9-12,17-18H,2-3,5-8,13H2. The van der Waals surface area contributed by atoms with Gasteiger partial charge >= 0.3 is 5.97 Å². The number of thioether (sulfide) groups is 1. The van der Waals surface area contributed by atoms with E-state index in [1.54, 1.807) is 12.1 Å². The number of halogens is 3. The molecule has 0 radical (unpaired) electrons. The molecule has 4 rings (SSSR count). The van der Waals surface area contributed by atoms with Crippen molar-refractivity contribution in [2.45, 2.75) is 48.5 Å². The SMILES string of the molecule is O=C(OC1CC1)c1ccc(CN2CCC(Sc3cc(Cl)cc(Cl)c3)CC2)cc1F. The number of piperidine rings is 1. The number of esters is 1. The van der Waals surface area contributed by atoms with E-state index in [0.29, 0.717) is 21.8 Å². The van der Waals surface area contributed by atoms with Crippen LogP contribution >= 0.6 is 35.0 Å². The predicted octanol–water partition coefficient (Wildman–Crippen LogP) is 6.21. The largest absolute Gasteiger partial charge is 0.459 e. The van der Waals surface area contributed by atoms with Gasteiger partial charge in [0.05, 0.1) is 5.56 Å². The molecule has 2 aromatic carbocycles. The molecule has 2 fully saturated rings. The Bertz CT molecular complexity index is 878. The number of carbonyl (C=O) groups is 1. The predicted molar refractivity (Wildman–Crippen MR) is 115 cm³/mol. The van der Waals surface area contributed by atoms with Crippen LogP contribution in [0.1, 0.15) is 41.6 Å². The third-order valence-electron chi connectivity index (χ3n) is 5.13. The molecule has 2 aromatic rings. The lowest BCUT2D eigenvalue weighted by Gasteiger charge is -2.31. The summed E-state index contributed by atoms with van der Waals surface area (Å²) in [5.41, 5.74) is 0.897. The summed E-state index contributed by atoms with van der Waals surface area (Å²) in [7, 11) is 0. The van der Waals surface area contributed by atoms with Crippen LogP contribution < -0.4 is 0 Å². The van der Waals surface area contributed by atoms with Gasteiger partial charge in [0.15, 0.2) is 0 Å². The molecule has 0 unspecified atom stereocenters. The van der Waals surface area contributed by atoms with Crippen LogP contribution in [-0.4, -0.2) is 35.3 Å². The highest BCUT2D eigenvalue weighted by atomic mass is 35.5. The molecule has 0 atom stereocenters. The quantitative estimate of drug-likeness (QED) is 0.486. The number of benzene rings is 2. The van der Waals surface area contributed by atoms with E-state index in [1.165, 1.54) is 6.07 Å². The Morgan fingerprint density at radius 1 is 1.07 bits per heavy atom. The summed E-state index contributed by atoms with van der Waals surface area (Å²) in [6.07, 6.45) is 3.82. The fourth-order valence-electron chi connectivity index (χ4n) is 3.46. The van der Waals surface area contributed by atoms with E-state index in [-0.39, 0.29) is 11.7 Å². The fraction of sp³-hybridized carbons (Fsp3) is 0.409. The van der Waals surface area contributed by atoms with Gasteiger partial charge in [0.25, 0.3) is 0 Å². The van der Waals surface area contributed by atoms with E-state index >= 15 is 0 Å². The molecular weight excluding hydrogens is 432 g/mol. The maximum atomic E-state index is 14.4. The van der Waals surface area contributed by atoms with Crippen molar-refractivity contribution >= 4 is 40.9 Å². The molecule has 1 saturated carbocycles. The smallest absolute Gasteiger partial charge is 0.341 e. The number of hydrogen-bond acceptors (Lipinski definition) is 4. The second kappa shape index (κ2) is 9.25. The molecular formula is C22H22Cl2FNO2S. The molecule has 1 saturated heterocycles. The van der Waals surface area contributed by atoms with Crippen LogP contribution in [0.3, 0.4) is 0 Å². The van der Waals surface area contributed by atoms with Gasteiger partial charge in [-0.2, -0.15) is 0 Å². The minimum Gasteiger partial charge on any atom is -0.459 e. The zero-order valence-corrected chi connectivity index (χ0v) is 18.2. The first-order chi connectivity index (χ1) is 14.0. The Labute approximate surface area is 184 Å². The monoisotopic (exact) mass is 453 g/mol. The Morgan fingerprint density at radius 3 is 2.38 bits per heavy atom. The summed E-state index contributed by atoms with van der Waals surface area (Å²) in [6.45, 7) is 2.56. The molecule has 1 aliphatic heterocycles. The van der Waals surface area contributed by atoms with Gasteiger partial charge in [0, 0.05) is 26.7 Å². The summed E-state index contributed by atoms with van der Waals surface area (Å²) in [4.78, 5) is 15.4. The normalized spacial score (nSPS) is 18.0. The highest BCUT2D eigenvalue weighted by Crippen LogP contribution is 2.34. The first-order valence-electron chi connectivity index (χ1n) is 9.81. The molecule has 1 aliphatic carbocycles. The molecule has 2 aliphatic rings. The molecule has 7 heteroatoms. The minimum absolute atomic E-state index is 0.0240.